The molecule has 19 heavy (non-hydrogen) atoms. The average Bonchev–Trinajstić information content (AvgIpc) is 2.37. The van der Waals surface area contributed by atoms with Gasteiger partial charge in [0.15, 0.2) is 0 Å². The number of carbonyl (C=O) groups excluding carboxylic acids is 1. The number of aryl methyl sites for hydroxylation is 1. The van der Waals surface area contributed by atoms with Crippen LogP contribution in [0, 0.1) is 6.92 Å². The van der Waals surface area contributed by atoms with Crippen LogP contribution in [0.3, 0.4) is 0 Å². The fraction of sp³-hybridized carbons (Fsp3) is 0.278. The van der Waals surface area contributed by atoms with Crippen molar-refractivity contribution >= 4 is 6.29 Å². The monoisotopic (exact) mass is 250 g/mol. The van der Waals surface area contributed by atoms with Gasteiger partial charge in [-0.3, -0.25) is 4.79 Å². The van der Waals surface area contributed by atoms with Crippen molar-refractivity contribution in [1.29, 1.82) is 0 Å². The van der Waals surface area contributed by atoms with Crippen molar-refractivity contribution in [2.75, 3.05) is 0 Å². The highest BCUT2D eigenvalue weighted by atomic mass is 16.1. The van der Waals surface area contributed by atoms with Crippen molar-refractivity contribution in [2.45, 2.75) is 32.1 Å². The van der Waals surface area contributed by atoms with E-state index in [4.69, 9.17) is 0 Å². The third-order valence-corrected chi connectivity index (χ3v) is 4.18. The lowest BCUT2D eigenvalue weighted by molar-refractivity contribution is 0.112. The minimum Gasteiger partial charge on any atom is -0.298 e. The zero-order valence-corrected chi connectivity index (χ0v) is 11.2. The molecule has 1 nitrogen and oxygen atoms in total. The maximum absolute atomic E-state index is 10.8. The molecule has 0 bridgehead atoms. The summed E-state index contributed by atoms with van der Waals surface area (Å²) in [4.78, 5) is 10.8. The molecule has 96 valence electrons. The molecule has 2 aromatic rings. The number of hydrogen-bond acceptors (Lipinski definition) is 1. The Balaban J connectivity index is 2.08. The Morgan fingerprint density at radius 2 is 1.84 bits per heavy atom. The van der Waals surface area contributed by atoms with Crippen LogP contribution in [0.4, 0.5) is 0 Å². The van der Waals surface area contributed by atoms with Crippen LogP contribution < -0.4 is 0 Å². The Morgan fingerprint density at radius 3 is 2.47 bits per heavy atom. The fourth-order valence-corrected chi connectivity index (χ4v) is 2.88. The minimum absolute atomic E-state index is 0.723. The SMILES string of the molecule is Cc1cc(C=O)ccc1-c1ccccc1C1CCC1. The summed E-state index contributed by atoms with van der Waals surface area (Å²) < 4.78 is 0. The Hall–Kier alpha value is -1.89. The van der Waals surface area contributed by atoms with Crippen LogP contribution >= 0.6 is 0 Å². The van der Waals surface area contributed by atoms with E-state index in [2.05, 4.69) is 37.3 Å². The highest BCUT2D eigenvalue weighted by Crippen LogP contribution is 2.41. The lowest BCUT2D eigenvalue weighted by Gasteiger charge is -2.28. The molecule has 0 N–H and O–H groups in total. The molecule has 0 heterocycles. The van der Waals surface area contributed by atoms with E-state index in [1.54, 1.807) is 0 Å². The summed E-state index contributed by atoms with van der Waals surface area (Å²) in [5.74, 6) is 0.723. The normalized spacial score (nSPS) is 15.0. The Kier molecular flexibility index (Phi) is 3.20. The van der Waals surface area contributed by atoms with Crippen molar-refractivity contribution < 1.29 is 4.79 Å². The maximum Gasteiger partial charge on any atom is 0.150 e. The molecule has 1 saturated carbocycles. The quantitative estimate of drug-likeness (QED) is 0.719. The number of carbonyl (C=O) groups is 1. The van der Waals surface area contributed by atoms with Gasteiger partial charge in [-0.05, 0) is 54.0 Å². The molecule has 2 aromatic carbocycles. The van der Waals surface area contributed by atoms with E-state index >= 15 is 0 Å². The summed E-state index contributed by atoms with van der Waals surface area (Å²) in [6, 6.07) is 14.7. The smallest absolute Gasteiger partial charge is 0.150 e. The van der Waals surface area contributed by atoms with E-state index in [0.717, 1.165) is 17.8 Å². The van der Waals surface area contributed by atoms with Crippen LogP contribution in [0.15, 0.2) is 42.5 Å². The Labute approximate surface area is 114 Å². The van der Waals surface area contributed by atoms with E-state index < -0.39 is 0 Å². The summed E-state index contributed by atoms with van der Waals surface area (Å²) in [5, 5.41) is 0. The molecule has 1 fully saturated rings. The molecule has 0 atom stereocenters. The van der Waals surface area contributed by atoms with E-state index in [0.29, 0.717) is 0 Å². The van der Waals surface area contributed by atoms with E-state index in [1.165, 1.54) is 41.5 Å². The Morgan fingerprint density at radius 1 is 1.05 bits per heavy atom. The highest BCUT2D eigenvalue weighted by Gasteiger charge is 2.22. The van der Waals surface area contributed by atoms with Gasteiger partial charge < -0.3 is 0 Å². The first-order valence-corrected chi connectivity index (χ1v) is 6.94. The molecule has 0 spiro atoms. The predicted molar refractivity (Wildman–Crippen MR) is 78.6 cm³/mol. The highest BCUT2D eigenvalue weighted by molar-refractivity contribution is 5.79. The lowest BCUT2D eigenvalue weighted by atomic mass is 9.77. The summed E-state index contributed by atoms with van der Waals surface area (Å²) in [5.41, 5.74) is 5.99. The number of benzene rings is 2. The molecule has 0 aliphatic heterocycles. The Bertz CT molecular complexity index is 609. The van der Waals surface area contributed by atoms with Crippen LogP contribution in [0.1, 0.15) is 46.7 Å². The molecule has 1 aliphatic carbocycles. The molecule has 0 amide bonds. The number of hydrogen-bond donors (Lipinski definition) is 0. The van der Waals surface area contributed by atoms with Crippen LogP contribution in [0.2, 0.25) is 0 Å². The second-order valence-electron chi connectivity index (χ2n) is 5.41. The van der Waals surface area contributed by atoms with Gasteiger partial charge in [0.05, 0.1) is 0 Å². The van der Waals surface area contributed by atoms with Crippen molar-refractivity contribution in [3.05, 3.63) is 59.2 Å². The second kappa shape index (κ2) is 5.00. The summed E-state index contributed by atoms with van der Waals surface area (Å²) in [6.45, 7) is 2.08. The van der Waals surface area contributed by atoms with Crippen LogP contribution in [0.25, 0.3) is 11.1 Å². The van der Waals surface area contributed by atoms with Gasteiger partial charge in [-0.25, -0.2) is 0 Å². The molecule has 0 unspecified atom stereocenters. The topological polar surface area (TPSA) is 17.1 Å². The van der Waals surface area contributed by atoms with Gasteiger partial charge in [-0.15, -0.1) is 0 Å². The third-order valence-electron chi connectivity index (χ3n) is 4.18. The molecule has 0 aromatic heterocycles. The van der Waals surface area contributed by atoms with Gasteiger partial charge in [-0.2, -0.15) is 0 Å². The largest absolute Gasteiger partial charge is 0.298 e. The summed E-state index contributed by atoms with van der Waals surface area (Å²) >= 11 is 0. The van der Waals surface area contributed by atoms with E-state index in [9.17, 15) is 4.79 Å². The summed E-state index contributed by atoms with van der Waals surface area (Å²) in [7, 11) is 0. The maximum atomic E-state index is 10.8. The molecule has 1 aliphatic rings. The predicted octanol–water partition coefficient (Wildman–Crippen LogP) is 4.74. The molecule has 1 heteroatoms. The third kappa shape index (κ3) is 2.21. The van der Waals surface area contributed by atoms with Crippen molar-refractivity contribution in [2.24, 2.45) is 0 Å². The zero-order valence-electron chi connectivity index (χ0n) is 11.2. The van der Waals surface area contributed by atoms with Crippen LogP contribution in [-0.2, 0) is 0 Å². The minimum atomic E-state index is 0.723. The fourth-order valence-electron chi connectivity index (χ4n) is 2.88. The second-order valence-corrected chi connectivity index (χ2v) is 5.41. The van der Waals surface area contributed by atoms with Crippen molar-refractivity contribution in [3.8, 4) is 11.1 Å². The van der Waals surface area contributed by atoms with E-state index in [-0.39, 0.29) is 0 Å². The van der Waals surface area contributed by atoms with Crippen molar-refractivity contribution in [3.63, 3.8) is 0 Å². The first-order chi connectivity index (χ1) is 9.29. The lowest BCUT2D eigenvalue weighted by Crippen LogP contribution is -2.10. The van der Waals surface area contributed by atoms with Gasteiger partial charge in [-0.1, -0.05) is 42.8 Å². The standard InChI is InChI=1S/C18H18O/c1-13-11-14(12-19)9-10-16(13)18-8-3-2-7-17(18)15-5-4-6-15/h2-3,7-12,15H,4-6H2,1H3. The van der Waals surface area contributed by atoms with Gasteiger partial charge in [0.2, 0.25) is 0 Å². The average molecular weight is 250 g/mol. The van der Waals surface area contributed by atoms with Gasteiger partial charge in [0.25, 0.3) is 0 Å². The molecular formula is C18H18O. The van der Waals surface area contributed by atoms with Crippen LogP contribution in [0.5, 0.6) is 0 Å². The van der Waals surface area contributed by atoms with Gasteiger partial charge in [0, 0.05) is 5.56 Å². The molecule has 0 radical (unpaired) electrons. The van der Waals surface area contributed by atoms with Gasteiger partial charge in [0.1, 0.15) is 6.29 Å². The van der Waals surface area contributed by atoms with E-state index in [1.807, 2.05) is 12.1 Å². The number of aldehydes is 1. The number of rotatable bonds is 3. The van der Waals surface area contributed by atoms with Gasteiger partial charge >= 0.3 is 0 Å². The first-order valence-electron chi connectivity index (χ1n) is 6.94. The van der Waals surface area contributed by atoms with Crippen LogP contribution in [-0.4, -0.2) is 6.29 Å². The first kappa shape index (κ1) is 12.2. The molecule has 0 saturated heterocycles. The zero-order chi connectivity index (χ0) is 13.2. The van der Waals surface area contributed by atoms with Crippen molar-refractivity contribution in [1.82, 2.24) is 0 Å². The molecular weight excluding hydrogens is 232 g/mol. The summed E-state index contributed by atoms with van der Waals surface area (Å²) in [6.07, 6.45) is 4.88. The molecule has 3 rings (SSSR count).